The molecular weight excluding hydrogens is 336 g/mol. The van der Waals surface area contributed by atoms with E-state index in [0.717, 1.165) is 11.1 Å². The lowest BCUT2D eigenvalue weighted by Crippen LogP contribution is -2.08. The third kappa shape index (κ3) is 4.31. The molecule has 0 amide bonds. The van der Waals surface area contributed by atoms with Gasteiger partial charge in [0, 0.05) is 4.47 Å². The van der Waals surface area contributed by atoms with Crippen LogP contribution >= 0.6 is 15.9 Å². The molecule has 2 rings (SSSR count). The molecule has 0 atom stereocenters. The summed E-state index contributed by atoms with van der Waals surface area (Å²) in [7, 11) is 0. The molecule has 2 aromatic carbocycles. The summed E-state index contributed by atoms with van der Waals surface area (Å²) in [5.41, 5.74) is 1.89. The lowest BCUT2D eigenvalue weighted by atomic mass is 10.1. The molecule has 2 aromatic rings. The number of carboxylic acids is 1. The molecule has 0 heterocycles. The topological polar surface area (TPSA) is 55.8 Å². The van der Waals surface area contributed by atoms with Crippen molar-refractivity contribution < 1.29 is 19.4 Å². The highest BCUT2D eigenvalue weighted by atomic mass is 79.9. The summed E-state index contributed by atoms with van der Waals surface area (Å²) < 4.78 is 11.6. The fourth-order valence-corrected chi connectivity index (χ4v) is 2.49. The molecule has 4 nitrogen and oxygen atoms in total. The van der Waals surface area contributed by atoms with Crippen LogP contribution < -0.4 is 4.74 Å². The molecule has 0 saturated carbocycles. The average Bonchev–Trinajstić information content (AvgIpc) is 2.45. The van der Waals surface area contributed by atoms with Gasteiger partial charge in [-0.1, -0.05) is 46.3 Å². The van der Waals surface area contributed by atoms with Crippen molar-refractivity contribution in [2.45, 2.75) is 13.5 Å². The fraction of sp³-hybridized carbons (Fsp3) is 0.188. The summed E-state index contributed by atoms with van der Waals surface area (Å²) in [5, 5.41) is 9.21. The van der Waals surface area contributed by atoms with Crippen LogP contribution in [-0.4, -0.2) is 17.9 Å². The van der Waals surface area contributed by atoms with Gasteiger partial charge in [-0.15, -0.1) is 0 Å². The fourth-order valence-electron chi connectivity index (χ4n) is 1.91. The molecule has 0 aliphatic rings. The van der Waals surface area contributed by atoms with E-state index in [4.69, 9.17) is 9.47 Å². The zero-order valence-electron chi connectivity index (χ0n) is 11.5. The van der Waals surface area contributed by atoms with Crippen molar-refractivity contribution in [1.29, 1.82) is 0 Å². The maximum atomic E-state index is 11.2. The summed E-state index contributed by atoms with van der Waals surface area (Å²) >= 11 is 3.28. The van der Waals surface area contributed by atoms with Crippen LogP contribution in [0.5, 0.6) is 5.75 Å². The minimum Gasteiger partial charge on any atom is -0.478 e. The Morgan fingerprint density at radius 1 is 1.24 bits per heavy atom. The molecule has 1 N–H and O–H groups in total. The van der Waals surface area contributed by atoms with Crippen LogP contribution in [0.4, 0.5) is 0 Å². The van der Waals surface area contributed by atoms with Gasteiger partial charge < -0.3 is 14.6 Å². The quantitative estimate of drug-likeness (QED) is 0.631. The smallest absolute Gasteiger partial charge is 0.339 e. The third-order valence-corrected chi connectivity index (χ3v) is 3.33. The van der Waals surface area contributed by atoms with Gasteiger partial charge in [-0.05, 0) is 30.2 Å². The lowest BCUT2D eigenvalue weighted by molar-refractivity contribution is 0.00393. The number of ether oxygens (including phenoxy) is 2. The number of aromatic carboxylic acids is 1. The van der Waals surface area contributed by atoms with Crippen molar-refractivity contribution in [1.82, 2.24) is 0 Å². The standard InChI is InChI=1S/C16H15BrO4/c1-11-7-13(17)8-14(16(18)19)15(11)21-10-20-9-12-5-3-2-4-6-12/h2-8H,9-10H2,1H3,(H,18,19). The Hall–Kier alpha value is -1.85. The van der Waals surface area contributed by atoms with Gasteiger partial charge in [0.1, 0.15) is 11.3 Å². The summed E-state index contributed by atoms with van der Waals surface area (Å²) in [4.78, 5) is 11.2. The van der Waals surface area contributed by atoms with Gasteiger partial charge in [0.15, 0.2) is 6.79 Å². The van der Waals surface area contributed by atoms with E-state index in [1.807, 2.05) is 30.3 Å². The highest BCUT2D eigenvalue weighted by Crippen LogP contribution is 2.28. The number of halogens is 1. The largest absolute Gasteiger partial charge is 0.478 e. The summed E-state index contributed by atoms with van der Waals surface area (Å²) in [6.45, 7) is 2.21. The predicted octanol–water partition coefficient (Wildman–Crippen LogP) is 4.01. The molecule has 0 aromatic heterocycles. The number of rotatable bonds is 6. The van der Waals surface area contributed by atoms with E-state index in [1.54, 1.807) is 13.0 Å². The van der Waals surface area contributed by atoms with Crippen LogP contribution in [0.15, 0.2) is 46.9 Å². The molecule has 5 heteroatoms. The number of aryl methyl sites for hydroxylation is 1. The Labute approximate surface area is 131 Å². The summed E-state index contributed by atoms with van der Waals surface area (Å²) in [5.74, 6) is -0.698. The van der Waals surface area contributed by atoms with E-state index in [-0.39, 0.29) is 12.4 Å². The number of carbonyl (C=O) groups is 1. The maximum absolute atomic E-state index is 11.2. The Balaban J connectivity index is 1.98. The minimum absolute atomic E-state index is 0.00233. The molecule has 110 valence electrons. The second-order valence-corrected chi connectivity index (χ2v) is 5.42. The van der Waals surface area contributed by atoms with Gasteiger partial charge in [-0.3, -0.25) is 0 Å². The zero-order chi connectivity index (χ0) is 15.2. The van der Waals surface area contributed by atoms with Gasteiger partial charge >= 0.3 is 5.97 Å². The predicted molar refractivity (Wildman–Crippen MR) is 82.6 cm³/mol. The first-order valence-electron chi connectivity index (χ1n) is 6.36. The monoisotopic (exact) mass is 350 g/mol. The molecular formula is C16H15BrO4. The van der Waals surface area contributed by atoms with Crippen molar-refractivity contribution >= 4 is 21.9 Å². The highest BCUT2D eigenvalue weighted by molar-refractivity contribution is 9.10. The molecule has 0 radical (unpaired) electrons. The Morgan fingerprint density at radius 3 is 2.62 bits per heavy atom. The van der Waals surface area contributed by atoms with Gasteiger partial charge in [0.2, 0.25) is 0 Å². The first kappa shape index (κ1) is 15.5. The number of carboxylic acid groups (broad SMARTS) is 1. The highest BCUT2D eigenvalue weighted by Gasteiger charge is 2.15. The molecule has 21 heavy (non-hydrogen) atoms. The normalized spacial score (nSPS) is 10.4. The van der Waals surface area contributed by atoms with Crippen LogP contribution in [0.2, 0.25) is 0 Å². The first-order chi connectivity index (χ1) is 10.1. The number of hydrogen-bond acceptors (Lipinski definition) is 3. The van der Waals surface area contributed by atoms with Crippen LogP contribution in [0.25, 0.3) is 0 Å². The Kier molecular flexibility index (Phi) is 5.36. The molecule has 0 fully saturated rings. The van der Waals surface area contributed by atoms with E-state index in [0.29, 0.717) is 16.8 Å². The van der Waals surface area contributed by atoms with E-state index < -0.39 is 5.97 Å². The first-order valence-corrected chi connectivity index (χ1v) is 7.15. The lowest BCUT2D eigenvalue weighted by Gasteiger charge is -2.13. The van der Waals surface area contributed by atoms with E-state index in [1.165, 1.54) is 6.07 Å². The summed E-state index contributed by atoms with van der Waals surface area (Å²) in [6, 6.07) is 13.0. The van der Waals surface area contributed by atoms with Crippen LogP contribution in [0.1, 0.15) is 21.5 Å². The van der Waals surface area contributed by atoms with Gasteiger partial charge in [-0.2, -0.15) is 0 Å². The Bertz CT molecular complexity index is 626. The van der Waals surface area contributed by atoms with Crippen molar-refractivity contribution in [2.75, 3.05) is 6.79 Å². The number of benzene rings is 2. The molecule has 0 unspecified atom stereocenters. The molecule has 0 saturated heterocycles. The minimum atomic E-state index is -1.03. The third-order valence-electron chi connectivity index (χ3n) is 2.87. The Morgan fingerprint density at radius 2 is 1.95 bits per heavy atom. The van der Waals surface area contributed by atoms with E-state index >= 15 is 0 Å². The van der Waals surface area contributed by atoms with Crippen molar-refractivity contribution in [3.63, 3.8) is 0 Å². The van der Waals surface area contributed by atoms with Crippen LogP contribution in [0.3, 0.4) is 0 Å². The van der Waals surface area contributed by atoms with Gasteiger partial charge in [0.05, 0.1) is 6.61 Å². The van der Waals surface area contributed by atoms with Crippen molar-refractivity contribution in [2.24, 2.45) is 0 Å². The summed E-state index contributed by atoms with van der Waals surface area (Å²) in [6.07, 6.45) is 0. The molecule has 0 aliphatic heterocycles. The van der Waals surface area contributed by atoms with Crippen LogP contribution in [0, 0.1) is 6.92 Å². The molecule has 0 bridgehead atoms. The molecule has 0 spiro atoms. The second-order valence-electron chi connectivity index (χ2n) is 4.50. The van der Waals surface area contributed by atoms with Gasteiger partial charge in [-0.25, -0.2) is 4.79 Å². The SMILES string of the molecule is Cc1cc(Br)cc(C(=O)O)c1OCOCc1ccccc1. The van der Waals surface area contributed by atoms with Crippen molar-refractivity contribution in [3.05, 3.63) is 63.6 Å². The van der Waals surface area contributed by atoms with Gasteiger partial charge in [0.25, 0.3) is 0 Å². The zero-order valence-corrected chi connectivity index (χ0v) is 13.1. The van der Waals surface area contributed by atoms with E-state index in [9.17, 15) is 9.90 Å². The van der Waals surface area contributed by atoms with Crippen LogP contribution in [-0.2, 0) is 11.3 Å². The number of hydrogen-bond donors (Lipinski definition) is 1. The van der Waals surface area contributed by atoms with Crippen molar-refractivity contribution in [3.8, 4) is 5.75 Å². The maximum Gasteiger partial charge on any atom is 0.339 e. The average molecular weight is 351 g/mol. The molecule has 0 aliphatic carbocycles. The van der Waals surface area contributed by atoms with E-state index in [2.05, 4.69) is 15.9 Å². The second kappa shape index (κ2) is 7.24.